The van der Waals surface area contributed by atoms with Crippen LogP contribution >= 0.6 is 35.6 Å². The van der Waals surface area contributed by atoms with Gasteiger partial charge in [-0.25, -0.2) is 0 Å². The summed E-state index contributed by atoms with van der Waals surface area (Å²) >= 11 is 6.13. The Kier molecular flexibility index (Phi) is 8.66. The molecule has 2 aliphatic rings. The van der Waals surface area contributed by atoms with Crippen LogP contribution in [-0.2, 0) is 10.2 Å². The van der Waals surface area contributed by atoms with E-state index in [4.69, 9.17) is 11.6 Å². The third kappa shape index (κ3) is 6.52. The Morgan fingerprint density at radius 2 is 1.96 bits per heavy atom. The lowest BCUT2D eigenvalue weighted by Crippen LogP contribution is -2.47. The van der Waals surface area contributed by atoms with Gasteiger partial charge in [0.2, 0.25) is 5.91 Å². The molecular formula is C20H30ClIN4O. The first-order valence-electron chi connectivity index (χ1n) is 9.61. The summed E-state index contributed by atoms with van der Waals surface area (Å²) in [7, 11) is 1.73. The second kappa shape index (κ2) is 10.5. The predicted octanol–water partition coefficient (Wildman–Crippen LogP) is 3.60. The van der Waals surface area contributed by atoms with Crippen molar-refractivity contribution < 1.29 is 4.79 Å². The van der Waals surface area contributed by atoms with Crippen LogP contribution in [0.25, 0.3) is 0 Å². The highest BCUT2D eigenvalue weighted by molar-refractivity contribution is 14.0. The smallest absolute Gasteiger partial charge is 0.239 e. The number of carbonyl (C=O) groups is 1. The molecule has 0 bridgehead atoms. The Hall–Kier alpha value is -1.02. The Labute approximate surface area is 184 Å². The Morgan fingerprint density at radius 3 is 2.59 bits per heavy atom. The summed E-state index contributed by atoms with van der Waals surface area (Å²) in [4.78, 5) is 16.4. The van der Waals surface area contributed by atoms with E-state index in [0.717, 1.165) is 37.3 Å². The quantitative estimate of drug-likeness (QED) is 0.315. The zero-order valence-electron chi connectivity index (χ0n) is 15.9. The second-order valence-electron chi connectivity index (χ2n) is 7.47. The standard InChI is InChI=1S/C20H29ClN4O.HI/c1-22-19(23-13-18(26)25-17-8-3-2-4-9-17)24-14-20(10-11-20)15-6-5-7-16(21)12-15;/h5-7,12,17H,2-4,8-11,13-14H2,1H3,(H,25,26)(H2,22,23,24);1H. The highest BCUT2D eigenvalue weighted by Crippen LogP contribution is 2.48. The number of nitrogens with one attached hydrogen (secondary N) is 3. The van der Waals surface area contributed by atoms with Crippen molar-refractivity contribution in [1.82, 2.24) is 16.0 Å². The van der Waals surface area contributed by atoms with Crippen molar-refractivity contribution in [2.24, 2.45) is 4.99 Å². The molecular weight excluding hydrogens is 475 g/mol. The van der Waals surface area contributed by atoms with E-state index in [9.17, 15) is 4.79 Å². The molecule has 5 nitrogen and oxygen atoms in total. The normalized spacial score (nSPS) is 19.0. The summed E-state index contributed by atoms with van der Waals surface area (Å²) in [5.74, 6) is 0.702. The fourth-order valence-corrected chi connectivity index (χ4v) is 3.89. The zero-order chi connectivity index (χ0) is 18.4. The first-order valence-corrected chi connectivity index (χ1v) is 9.99. The molecule has 2 saturated carbocycles. The van der Waals surface area contributed by atoms with Crippen LogP contribution in [0.3, 0.4) is 0 Å². The second-order valence-corrected chi connectivity index (χ2v) is 7.91. The zero-order valence-corrected chi connectivity index (χ0v) is 19.0. The molecule has 0 unspecified atom stereocenters. The lowest BCUT2D eigenvalue weighted by Gasteiger charge is -2.23. The summed E-state index contributed by atoms with van der Waals surface area (Å²) in [6, 6.07) is 8.42. The van der Waals surface area contributed by atoms with Crippen molar-refractivity contribution >= 4 is 47.4 Å². The lowest BCUT2D eigenvalue weighted by molar-refractivity contribution is -0.120. The summed E-state index contributed by atoms with van der Waals surface area (Å²) in [6.45, 7) is 1.04. The number of nitrogens with zero attached hydrogens (tertiary/aromatic N) is 1. The van der Waals surface area contributed by atoms with Crippen molar-refractivity contribution in [3.63, 3.8) is 0 Å². The predicted molar refractivity (Wildman–Crippen MR) is 122 cm³/mol. The Morgan fingerprint density at radius 1 is 1.22 bits per heavy atom. The molecule has 1 amide bonds. The summed E-state index contributed by atoms with van der Waals surface area (Å²) in [5, 5.41) is 10.4. The first kappa shape index (κ1) is 22.3. The van der Waals surface area contributed by atoms with Gasteiger partial charge in [-0.05, 0) is 43.4 Å². The number of hydrogen-bond donors (Lipinski definition) is 3. The topological polar surface area (TPSA) is 65.5 Å². The molecule has 0 atom stereocenters. The number of hydrogen-bond acceptors (Lipinski definition) is 2. The number of benzene rings is 1. The SMILES string of the molecule is CN=C(NCC(=O)NC1CCCCC1)NCC1(c2cccc(Cl)c2)CC1.I. The fourth-order valence-electron chi connectivity index (χ4n) is 3.70. The maximum Gasteiger partial charge on any atom is 0.239 e. The molecule has 7 heteroatoms. The maximum atomic E-state index is 12.1. The molecule has 3 rings (SSSR count). The van der Waals surface area contributed by atoms with Gasteiger partial charge < -0.3 is 16.0 Å². The minimum absolute atomic E-state index is 0. The summed E-state index contributed by atoms with van der Waals surface area (Å²) < 4.78 is 0. The van der Waals surface area contributed by atoms with E-state index in [1.807, 2.05) is 18.2 Å². The van der Waals surface area contributed by atoms with E-state index in [0.29, 0.717) is 12.0 Å². The van der Waals surface area contributed by atoms with Crippen LogP contribution in [0.15, 0.2) is 29.3 Å². The molecule has 0 aliphatic heterocycles. The van der Waals surface area contributed by atoms with Crippen molar-refractivity contribution in [3.05, 3.63) is 34.9 Å². The van der Waals surface area contributed by atoms with E-state index in [1.54, 1.807) is 7.05 Å². The van der Waals surface area contributed by atoms with Gasteiger partial charge in [0.25, 0.3) is 0 Å². The van der Waals surface area contributed by atoms with E-state index < -0.39 is 0 Å². The van der Waals surface area contributed by atoms with Crippen molar-refractivity contribution in [1.29, 1.82) is 0 Å². The number of halogens is 2. The number of guanidine groups is 1. The van der Waals surface area contributed by atoms with Gasteiger partial charge in [-0.3, -0.25) is 9.79 Å². The number of rotatable bonds is 6. The maximum absolute atomic E-state index is 12.1. The van der Waals surface area contributed by atoms with Gasteiger partial charge in [0.15, 0.2) is 5.96 Å². The molecule has 27 heavy (non-hydrogen) atoms. The summed E-state index contributed by atoms with van der Waals surface area (Å²) in [6.07, 6.45) is 8.19. The summed E-state index contributed by atoms with van der Waals surface area (Å²) in [5.41, 5.74) is 1.40. The van der Waals surface area contributed by atoms with Gasteiger partial charge in [0.05, 0.1) is 6.54 Å². The third-order valence-corrected chi connectivity index (χ3v) is 5.73. The van der Waals surface area contributed by atoms with Crippen LogP contribution in [0.1, 0.15) is 50.5 Å². The average molecular weight is 505 g/mol. The van der Waals surface area contributed by atoms with Crippen molar-refractivity contribution in [3.8, 4) is 0 Å². The molecule has 0 radical (unpaired) electrons. The van der Waals surface area contributed by atoms with Gasteiger partial charge in [-0.1, -0.05) is 43.0 Å². The number of carbonyl (C=O) groups excluding carboxylic acids is 1. The van der Waals surface area contributed by atoms with E-state index in [1.165, 1.54) is 24.8 Å². The fraction of sp³-hybridized carbons (Fsp3) is 0.600. The van der Waals surface area contributed by atoms with E-state index in [-0.39, 0.29) is 41.8 Å². The first-order chi connectivity index (χ1) is 12.6. The highest BCUT2D eigenvalue weighted by Gasteiger charge is 2.44. The largest absolute Gasteiger partial charge is 0.356 e. The molecule has 1 aromatic rings. The van der Waals surface area contributed by atoms with Gasteiger partial charge in [-0.15, -0.1) is 24.0 Å². The third-order valence-electron chi connectivity index (χ3n) is 5.50. The molecule has 0 saturated heterocycles. The van der Waals surface area contributed by atoms with Crippen LogP contribution < -0.4 is 16.0 Å². The lowest BCUT2D eigenvalue weighted by atomic mass is 9.95. The number of aliphatic imine (C=N–C) groups is 1. The average Bonchev–Trinajstić information content (AvgIpc) is 3.44. The van der Waals surface area contributed by atoms with E-state index in [2.05, 4.69) is 27.0 Å². The monoisotopic (exact) mass is 504 g/mol. The molecule has 1 aromatic carbocycles. The minimum atomic E-state index is 0. The van der Waals surface area contributed by atoms with Gasteiger partial charge in [0, 0.05) is 30.1 Å². The van der Waals surface area contributed by atoms with Crippen LogP contribution in [0.5, 0.6) is 0 Å². The van der Waals surface area contributed by atoms with Crippen molar-refractivity contribution in [2.75, 3.05) is 20.1 Å². The van der Waals surface area contributed by atoms with Crippen LogP contribution in [0, 0.1) is 0 Å². The molecule has 0 heterocycles. The molecule has 2 fully saturated rings. The van der Waals surface area contributed by atoms with Gasteiger partial charge in [0.1, 0.15) is 0 Å². The molecule has 0 aromatic heterocycles. The molecule has 150 valence electrons. The Balaban J connectivity index is 0.00000261. The number of amides is 1. The van der Waals surface area contributed by atoms with Crippen molar-refractivity contribution in [2.45, 2.75) is 56.4 Å². The Bertz CT molecular complexity index is 657. The van der Waals surface area contributed by atoms with Crippen LogP contribution in [0.2, 0.25) is 5.02 Å². The molecule has 2 aliphatic carbocycles. The van der Waals surface area contributed by atoms with Gasteiger partial charge >= 0.3 is 0 Å². The van der Waals surface area contributed by atoms with E-state index >= 15 is 0 Å². The minimum Gasteiger partial charge on any atom is -0.356 e. The van der Waals surface area contributed by atoms with Gasteiger partial charge in [-0.2, -0.15) is 0 Å². The highest BCUT2D eigenvalue weighted by atomic mass is 127. The van der Waals surface area contributed by atoms with Crippen LogP contribution in [0.4, 0.5) is 0 Å². The molecule has 3 N–H and O–H groups in total. The molecule has 0 spiro atoms. The van der Waals surface area contributed by atoms with Crippen LogP contribution in [-0.4, -0.2) is 38.0 Å².